The Morgan fingerprint density at radius 3 is 2.85 bits per heavy atom. The maximum Gasteiger partial charge on any atom is 0.228 e. The van der Waals surface area contributed by atoms with Crippen molar-refractivity contribution in [3.05, 3.63) is 53.6 Å². The summed E-state index contributed by atoms with van der Waals surface area (Å²) in [5, 5.41) is 7.61. The Morgan fingerprint density at radius 1 is 1.31 bits per heavy atom. The average molecular weight is 356 g/mol. The van der Waals surface area contributed by atoms with E-state index >= 15 is 0 Å². The fourth-order valence-corrected chi connectivity index (χ4v) is 4.46. The van der Waals surface area contributed by atoms with Crippen molar-refractivity contribution in [3.8, 4) is 0 Å². The number of likely N-dealkylation sites (tertiary alicyclic amines) is 1. The van der Waals surface area contributed by atoms with Crippen LogP contribution < -0.4 is 5.32 Å². The molecule has 1 aromatic heterocycles. The summed E-state index contributed by atoms with van der Waals surface area (Å²) in [6.07, 6.45) is 4.64. The Balaban J connectivity index is 1.60. The largest absolute Gasteiger partial charge is 0.335 e. The second-order valence-corrected chi connectivity index (χ2v) is 7.69. The number of nitrogens with one attached hydrogen (secondary N) is 1. The second-order valence-electron chi connectivity index (χ2n) is 7.69. The quantitative estimate of drug-likeness (QED) is 0.919. The Hall–Kier alpha value is -2.21. The lowest BCUT2D eigenvalue weighted by Crippen LogP contribution is -2.39. The highest BCUT2D eigenvalue weighted by Crippen LogP contribution is 2.39. The first-order valence-electron chi connectivity index (χ1n) is 9.28. The first-order chi connectivity index (χ1) is 12.5. The molecule has 0 aliphatic carbocycles. The molecule has 0 spiro atoms. The number of halogens is 1. The number of aromatic nitrogens is 2. The van der Waals surface area contributed by atoms with E-state index in [4.69, 9.17) is 0 Å². The molecule has 1 aromatic carbocycles. The van der Waals surface area contributed by atoms with Crippen molar-refractivity contribution in [2.45, 2.75) is 25.3 Å². The molecule has 6 heteroatoms. The Labute approximate surface area is 153 Å². The van der Waals surface area contributed by atoms with Crippen LogP contribution in [0.15, 0.2) is 36.7 Å². The summed E-state index contributed by atoms with van der Waals surface area (Å²) in [6.45, 7) is 4.25. The fraction of sp³-hybridized carbons (Fsp3) is 0.500. The van der Waals surface area contributed by atoms with Crippen LogP contribution in [0.25, 0.3) is 0 Å². The molecule has 3 heterocycles. The van der Waals surface area contributed by atoms with E-state index in [1.165, 1.54) is 6.07 Å². The average Bonchev–Trinajstić information content (AvgIpc) is 3.33. The normalized spacial score (nSPS) is 28.7. The summed E-state index contributed by atoms with van der Waals surface area (Å²) in [4.78, 5) is 15.3. The van der Waals surface area contributed by atoms with Gasteiger partial charge in [0.1, 0.15) is 5.82 Å². The SMILES string of the molecule is CC1CC(c2ccccc2F)N(C(=O)[C@H]2CNC[C@@H]2c2cnn(C)c2)C1. The molecular formula is C20H25FN4O. The van der Waals surface area contributed by atoms with Gasteiger partial charge in [-0.1, -0.05) is 25.1 Å². The highest BCUT2D eigenvalue weighted by Gasteiger charge is 2.42. The molecule has 2 saturated heterocycles. The van der Waals surface area contributed by atoms with Gasteiger partial charge in [-0.15, -0.1) is 0 Å². The van der Waals surface area contributed by atoms with Crippen LogP contribution in [0.5, 0.6) is 0 Å². The van der Waals surface area contributed by atoms with Crippen LogP contribution in [-0.2, 0) is 11.8 Å². The highest BCUT2D eigenvalue weighted by atomic mass is 19.1. The van der Waals surface area contributed by atoms with Crippen molar-refractivity contribution in [2.75, 3.05) is 19.6 Å². The van der Waals surface area contributed by atoms with E-state index < -0.39 is 0 Å². The van der Waals surface area contributed by atoms with Crippen molar-refractivity contribution < 1.29 is 9.18 Å². The number of nitrogens with zero attached hydrogens (tertiary/aromatic N) is 3. The maximum absolute atomic E-state index is 14.4. The Kier molecular flexibility index (Phi) is 4.53. The van der Waals surface area contributed by atoms with E-state index in [9.17, 15) is 9.18 Å². The fourth-order valence-electron chi connectivity index (χ4n) is 4.46. The molecule has 4 atom stereocenters. The Bertz CT molecular complexity index is 805. The summed E-state index contributed by atoms with van der Waals surface area (Å²) >= 11 is 0. The first-order valence-corrected chi connectivity index (χ1v) is 9.28. The lowest BCUT2D eigenvalue weighted by Gasteiger charge is -2.29. The van der Waals surface area contributed by atoms with Gasteiger partial charge in [0.2, 0.25) is 5.91 Å². The van der Waals surface area contributed by atoms with Crippen LogP contribution in [-0.4, -0.2) is 40.2 Å². The molecule has 138 valence electrons. The molecule has 0 saturated carbocycles. The van der Waals surface area contributed by atoms with Crippen molar-refractivity contribution >= 4 is 5.91 Å². The summed E-state index contributed by atoms with van der Waals surface area (Å²) in [6, 6.07) is 6.66. The minimum Gasteiger partial charge on any atom is -0.335 e. The third kappa shape index (κ3) is 3.03. The third-order valence-corrected chi connectivity index (χ3v) is 5.74. The van der Waals surface area contributed by atoms with Crippen molar-refractivity contribution in [2.24, 2.45) is 18.9 Å². The molecule has 0 radical (unpaired) electrons. The van der Waals surface area contributed by atoms with Crippen molar-refractivity contribution in [3.63, 3.8) is 0 Å². The third-order valence-electron chi connectivity index (χ3n) is 5.74. The molecule has 2 aromatic rings. The zero-order valence-corrected chi connectivity index (χ0v) is 15.2. The predicted octanol–water partition coefficient (Wildman–Crippen LogP) is 2.47. The summed E-state index contributed by atoms with van der Waals surface area (Å²) in [5.74, 6) is 0.265. The van der Waals surface area contributed by atoms with E-state index in [1.54, 1.807) is 10.7 Å². The number of rotatable bonds is 3. The van der Waals surface area contributed by atoms with Gasteiger partial charge in [0.15, 0.2) is 0 Å². The number of carbonyl (C=O) groups excluding carboxylic acids is 1. The molecule has 1 N–H and O–H groups in total. The van der Waals surface area contributed by atoms with Gasteiger partial charge in [0.25, 0.3) is 0 Å². The van der Waals surface area contributed by atoms with E-state index in [2.05, 4.69) is 17.3 Å². The summed E-state index contributed by atoms with van der Waals surface area (Å²) in [7, 11) is 1.89. The summed E-state index contributed by atoms with van der Waals surface area (Å²) < 4.78 is 16.1. The Morgan fingerprint density at radius 2 is 2.12 bits per heavy atom. The van der Waals surface area contributed by atoms with Gasteiger partial charge in [-0.25, -0.2) is 4.39 Å². The van der Waals surface area contributed by atoms with E-state index in [0.717, 1.165) is 18.5 Å². The molecule has 26 heavy (non-hydrogen) atoms. The molecule has 0 bridgehead atoms. The molecule has 2 aliphatic rings. The van der Waals surface area contributed by atoms with Crippen LogP contribution in [0.3, 0.4) is 0 Å². The maximum atomic E-state index is 14.4. The van der Waals surface area contributed by atoms with Gasteiger partial charge >= 0.3 is 0 Å². The molecule has 2 unspecified atom stereocenters. The number of benzene rings is 1. The lowest BCUT2D eigenvalue weighted by molar-refractivity contribution is -0.136. The molecule has 4 rings (SSSR count). The zero-order chi connectivity index (χ0) is 18.3. The van der Waals surface area contributed by atoms with Crippen LogP contribution in [0.2, 0.25) is 0 Å². The predicted molar refractivity (Wildman–Crippen MR) is 96.9 cm³/mol. The smallest absolute Gasteiger partial charge is 0.228 e. The molecule has 2 aliphatic heterocycles. The van der Waals surface area contributed by atoms with Crippen molar-refractivity contribution in [1.29, 1.82) is 0 Å². The number of hydrogen-bond donors (Lipinski definition) is 1. The standard InChI is InChI=1S/C20H25FN4O/c1-13-7-19(15-5-3-4-6-18(15)21)25(11-13)20(26)17-10-22-9-16(17)14-8-23-24(2)12-14/h3-6,8,12-13,16-17,19,22H,7,9-11H2,1-2H3/t13?,16-,17+,19?/m1/s1. The number of amides is 1. The van der Waals surface area contributed by atoms with Crippen LogP contribution >= 0.6 is 0 Å². The van der Waals surface area contributed by atoms with Crippen LogP contribution in [0.4, 0.5) is 4.39 Å². The van der Waals surface area contributed by atoms with Gasteiger partial charge in [0, 0.05) is 44.4 Å². The second kappa shape index (κ2) is 6.83. The molecular weight excluding hydrogens is 331 g/mol. The zero-order valence-electron chi connectivity index (χ0n) is 15.2. The van der Waals surface area contributed by atoms with Gasteiger partial charge in [-0.2, -0.15) is 5.10 Å². The molecule has 5 nitrogen and oxygen atoms in total. The minimum atomic E-state index is -0.224. The number of hydrogen-bond acceptors (Lipinski definition) is 3. The molecule has 2 fully saturated rings. The first kappa shape index (κ1) is 17.2. The van der Waals surface area contributed by atoms with Crippen LogP contribution in [0, 0.1) is 17.7 Å². The number of aryl methyl sites for hydroxylation is 1. The minimum absolute atomic E-state index is 0.119. The van der Waals surface area contributed by atoms with Gasteiger partial charge in [-0.05, 0) is 24.0 Å². The number of carbonyl (C=O) groups is 1. The highest BCUT2D eigenvalue weighted by molar-refractivity contribution is 5.81. The van der Waals surface area contributed by atoms with Gasteiger partial charge < -0.3 is 10.2 Å². The van der Waals surface area contributed by atoms with Crippen LogP contribution in [0.1, 0.15) is 36.4 Å². The van der Waals surface area contributed by atoms with E-state index in [0.29, 0.717) is 24.6 Å². The lowest BCUT2D eigenvalue weighted by atomic mass is 9.89. The van der Waals surface area contributed by atoms with E-state index in [-0.39, 0.29) is 29.6 Å². The topological polar surface area (TPSA) is 50.2 Å². The van der Waals surface area contributed by atoms with Gasteiger partial charge in [0.05, 0.1) is 18.2 Å². The van der Waals surface area contributed by atoms with Crippen molar-refractivity contribution in [1.82, 2.24) is 20.0 Å². The van der Waals surface area contributed by atoms with Gasteiger partial charge in [-0.3, -0.25) is 9.48 Å². The summed E-state index contributed by atoms with van der Waals surface area (Å²) in [5.41, 5.74) is 1.72. The van der Waals surface area contributed by atoms with E-state index in [1.807, 2.05) is 36.5 Å². The molecule has 1 amide bonds. The monoisotopic (exact) mass is 356 g/mol.